The quantitative estimate of drug-likeness (QED) is 0.0248. The van der Waals surface area contributed by atoms with Gasteiger partial charge in [-0.2, -0.15) is 0 Å². The lowest BCUT2D eigenvalue weighted by molar-refractivity contribution is -0.359. The van der Waals surface area contributed by atoms with Crippen LogP contribution < -0.4 is 5.32 Å². The molecule has 0 radical (unpaired) electrons. The molecule has 2 aliphatic heterocycles. The van der Waals surface area contributed by atoms with Gasteiger partial charge in [-0.25, -0.2) is 0 Å². The first kappa shape index (κ1) is 58.8. The highest BCUT2D eigenvalue weighted by Gasteiger charge is 2.51. The molecule has 2 rings (SSSR count). The largest absolute Gasteiger partial charge is 0.394 e. The van der Waals surface area contributed by atoms with Crippen LogP contribution in [-0.4, -0.2) is 140 Å². The summed E-state index contributed by atoms with van der Waals surface area (Å²) in [5, 5.41) is 86.6. The molecule has 0 aromatic carbocycles. The minimum absolute atomic E-state index is 0.251. The summed E-state index contributed by atoms with van der Waals surface area (Å²) in [6.45, 7) is 2.69. The molecule has 0 saturated carbocycles. The van der Waals surface area contributed by atoms with E-state index in [0.717, 1.165) is 70.6 Å². The van der Waals surface area contributed by atoms with Gasteiger partial charge in [-0.3, -0.25) is 4.79 Å². The van der Waals surface area contributed by atoms with Crippen molar-refractivity contribution in [3.8, 4) is 0 Å². The number of amides is 1. The number of hydrogen-bond donors (Lipinski definition) is 9. The highest BCUT2D eigenvalue weighted by atomic mass is 16.7. The minimum atomic E-state index is -1.79. The number of hydrogen-bond acceptors (Lipinski definition) is 13. The lowest BCUT2D eigenvalue weighted by atomic mass is 9.97. The second-order valence-corrected chi connectivity index (χ2v) is 17.6. The first-order valence-corrected chi connectivity index (χ1v) is 25.0. The fraction of sp³-hybridized carbons (Fsp3) is 0.784. The monoisotopic (exact) mass is 924 g/mol. The van der Waals surface area contributed by atoms with E-state index in [4.69, 9.17) is 18.9 Å². The van der Waals surface area contributed by atoms with Gasteiger partial charge in [0.15, 0.2) is 12.6 Å². The fourth-order valence-corrected chi connectivity index (χ4v) is 7.76. The molecule has 14 nitrogen and oxygen atoms in total. The number of unbranched alkanes of at least 4 members (excludes halogenated alkanes) is 16. The predicted molar refractivity (Wildman–Crippen MR) is 254 cm³/mol. The lowest BCUT2D eigenvalue weighted by Gasteiger charge is -2.46. The van der Waals surface area contributed by atoms with E-state index in [1.807, 2.05) is 6.08 Å². The van der Waals surface area contributed by atoms with Crippen molar-refractivity contribution in [3.05, 3.63) is 60.8 Å². The van der Waals surface area contributed by atoms with Crippen molar-refractivity contribution in [2.24, 2.45) is 0 Å². The summed E-state index contributed by atoms with van der Waals surface area (Å²) in [6.07, 6.45) is 28.3. The van der Waals surface area contributed by atoms with Gasteiger partial charge in [-0.05, 0) is 77.0 Å². The summed E-state index contributed by atoms with van der Waals surface area (Å²) in [5.41, 5.74) is 0. The third-order valence-electron chi connectivity index (χ3n) is 11.9. The van der Waals surface area contributed by atoms with E-state index in [2.05, 4.69) is 67.8 Å². The first-order chi connectivity index (χ1) is 31.6. The number of aliphatic hydroxyl groups is 8. The standard InChI is InChI=1S/C51H89NO13/c1-3-5-7-9-11-13-15-17-19-21-23-25-27-29-31-33-35-43(56)52-39(40(55)34-32-30-28-26-24-22-20-18-16-14-12-10-8-6-4-2)38-62-50-48(61)46(59)49(42(37-54)64-50)65-51-47(60)45(58)44(57)41(36-53)63-51/h13,15-16,18-19,21,24,26,32,34,39-42,44-51,53-55,57-61H,3-12,14,17,20,22-23,25,27-31,33,35-38H2,1-2H3,(H,52,56)/b15-13-,18-16+,21-19-,26-24+,34-32+. The molecule has 0 spiro atoms. The van der Waals surface area contributed by atoms with Crippen molar-refractivity contribution in [1.82, 2.24) is 5.32 Å². The number of carbonyl (C=O) groups is 1. The molecule has 12 unspecified atom stereocenters. The van der Waals surface area contributed by atoms with Gasteiger partial charge in [0.1, 0.15) is 48.8 Å². The Morgan fingerprint density at radius 2 is 1.03 bits per heavy atom. The van der Waals surface area contributed by atoms with Crippen LogP contribution in [0.15, 0.2) is 60.8 Å². The van der Waals surface area contributed by atoms with Crippen LogP contribution in [0.3, 0.4) is 0 Å². The summed E-state index contributed by atoms with van der Waals surface area (Å²) >= 11 is 0. The zero-order valence-electron chi connectivity index (χ0n) is 39.7. The highest BCUT2D eigenvalue weighted by molar-refractivity contribution is 5.76. The van der Waals surface area contributed by atoms with E-state index in [-0.39, 0.29) is 18.9 Å². The van der Waals surface area contributed by atoms with Crippen molar-refractivity contribution in [3.63, 3.8) is 0 Å². The van der Waals surface area contributed by atoms with E-state index in [9.17, 15) is 45.6 Å². The summed E-state index contributed by atoms with van der Waals surface area (Å²) < 4.78 is 22.6. The number of allylic oxidation sites excluding steroid dienone is 9. The average Bonchev–Trinajstić information content (AvgIpc) is 3.30. The van der Waals surface area contributed by atoms with Gasteiger partial charge >= 0.3 is 0 Å². The zero-order chi connectivity index (χ0) is 47.5. The van der Waals surface area contributed by atoms with Gasteiger partial charge in [0.2, 0.25) is 5.91 Å². The van der Waals surface area contributed by atoms with Crippen LogP contribution in [0.4, 0.5) is 0 Å². The maximum absolute atomic E-state index is 13.1. The maximum Gasteiger partial charge on any atom is 0.220 e. The molecule has 14 heteroatoms. The van der Waals surface area contributed by atoms with Crippen molar-refractivity contribution < 1.29 is 64.6 Å². The van der Waals surface area contributed by atoms with Gasteiger partial charge in [0.05, 0.1) is 32.0 Å². The number of rotatable bonds is 37. The Morgan fingerprint density at radius 1 is 0.554 bits per heavy atom. The van der Waals surface area contributed by atoms with E-state index < -0.39 is 86.8 Å². The van der Waals surface area contributed by atoms with Crippen molar-refractivity contribution in [2.75, 3.05) is 19.8 Å². The van der Waals surface area contributed by atoms with Gasteiger partial charge in [0, 0.05) is 6.42 Å². The molecule has 2 fully saturated rings. The van der Waals surface area contributed by atoms with Crippen molar-refractivity contribution in [2.45, 2.75) is 235 Å². The topological polar surface area (TPSA) is 228 Å². The second kappa shape index (κ2) is 37.6. The Bertz CT molecular complexity index is 1320. The van der Waals surface area contributed by atoms with E-state index >= 15 is 0 Å². The first-order valence-electron chi connectivity index (χ1n) is 25.0. The Hall–Kier alpha value is -2.31. The zero-order valence-corrected chi connectivity index (χ0v) is 39.7. The number of nitrogens with one attached hydrogen (secondary N) is 1. The van der Waals surface area contributed by atoms with Crippen LogP contribution in [0.25, 0.3) is 0 Å². The van der Waals surface area contributed by atoms with Crippen molar-refractivity contribution >= 4 is 5.91 Å². The van der Waals surface area contributed by atoms with Crippen molar-refractivity contribution in [1.29, 1.82) is 0 Å². The molecule has 1 amide bonds. The van der Waals surface area contributed by atoms with Gasteiger partial charge in [0.25, 0.3) is 0 Å². The molecule has 0 aliphatic carbocycles. The summed E-state index contributed by atoms with van der Waals surface area (Å²) in [7, 11) is 0. The fourth-order valence-electron chi connectivity index (χ4n) is 7.76. The number of ether oxygens (including phenoxy) is 4. The Balaban J connectivity index is 1.90. The molecule has 0 aromatic rings. The second-order valence-electron chi connectivity index (χ2n) is 17.6. The van der Waals surface area contributed by atoms with Gasteiger partial charge < -0.3 is 65.1 Å². The predicted octanol–water partition coefficient (Wildman–Crippen LogP) is 6.27. The Labute approximate surface area is 390 Å². The molecule has 65 heavy (non-hydrogen) atoms. The highest BCUT2D eigenvalue weighted by Crippen LogP contribution is 2.30. The number of carbonyl (C=O) groups excluding carboxylic acids is 1. The van der Waals surface area contributed by atoms with Crippen LogP contribution in [0.2, 0.25) is 0 Å². The summed E-state index contributed by atoms with van der Waals surface area (Å²) in [6, 6.07) is -0.945. The maximum atomic E-state index is 13.1. The molecule has 0 bridgehead atoms. The molecule has 12 atom stereocenters. The van der Waals surface area contributed by atoms with Crippen LogP contribution in [-0.2, 0) is 23.7 Å². The third kappa shape index (κ3) is 25.0. The Kier molecular flexibility index (Phi) is 34.1. The van der Waals surface area contributed by atoms with Crippen LogP contribution >= 0.6 is 0 Å². The van der Waals surface area contributed by atoms with Crippen LogP contribution in [0, 0.1) is 0 Å². The third-order valence-corrected chi connectivity index (χ3v) is 11.9. The molecular formula is C51H89NO13. The summed E-state index contributed by atoms with van der Waals surface area (Å²) in [4.78, 5) is 13.1. The van der Waals surface area contributed by atoms with E-state index in [0.29, 0.717) is 12.8 Å². The molecule has 0 aromatic heterocycles. The Morgan fingerprint density at radius 3 is 1.62 bits per heavy atom. The van der Waals surface area contributed by atoms with Crippen LogP contribution in [0.1, 0.15) is 162 Å². The van der Waals surface area contributed by atoms with Crippen LogP contribution in [0.5, 0.6) is 0 Å². The average molecular weight is 924 g/mol. The molecule has 9 N–H and O–H groups in total. The molecule has 2 saturated heterocycles. The normalized spacial score (nSPS) is 27.5. The van der Waals surface area contributed by atoms with Gasteiger partial charge in [-0.1, -0.05) is 139 Å². The molecular weight excluding hydrogens is 835 g/mol. The lowest BCUT2D eigenvalue weighted by Crippen LogP contribution is -2.65. The van der Waals surface area contributed by atoms with E-state index in [1.165, 1.54) is 57.8 Å². The minimum Gasteiger partial charge on any atom is -0.394 e. The van der Waals surface area contributed by atoms with E-state index in [1.54, 1.807) is 6.08 Å². The SMILES string of the molecule is CCCCCC/C=C\C/C=C\CCCCCCCC(=O)NC(COC1OC(CO)C(OC2OC(CO)C(O)C(O)C2O)C(O)C1O)C(O)/C=C/CC/C=C/CC/C=C/CCCCCCC. The molecule has 376 valence electrons. The number of aliphatic hydroxyl groups excluding tert-OH is 8. The molecule has 2 aliphatic rings. The van der Waals surface area contributed by atoms with Gasteiger partial charge in [-0.15, -0.1) is 0 Å². The summed E-state index contributed by atoms with van der Waals surface area (Å²) in [5.74, 6) is -0.271. The molecule has 2 heterocycles. The smallest absolute Gasteiger partial charge is 0.220 e.